The molecule has 5 heteroatoms. The Hall–Kier alpha value is -2.40. The van der Waals surface area contributed by atoms with Crippen molar-refractivity contribution in [1.29, 1.82) is 0 Å². The number of nitrogens with zero attached hydrogens (tertiary/aromatic N) is 2. The summed E-state index contributed by atoms with van der Waals surface area (Å²) >= 11 is 0. The van der Waals surface area contributed by atoms with Gasteiger partial charge < -0.3 is 9.47 Å². The van der Waals surface area contributed by atoms with E-state index in [1.165, 1.54) is 6.08 Å². The van der Waals surface area contributed by atoms with Gasteiger partial charge >= 0.3 is 5.97 Å². The Bertz CT molecular complexity index is 648. The van der Waals surface area contributed by atoms with E-state index in [1.54, 1.807) is 17.0 Å². The van der Waals surface area contributed by atoms with Crippen LogP contribution in [0.15, 0.2) is 48.8 Å². The summed E-state index contributed by atoms with van der Waals surface area (Å²) in [6.07, 6.45) is 7.66. The maximum atomic E-state index is 11.6. The van der Waals surface area contributed by atoms with Crippen molar-refractivity contribution in [3.63, 3.8) is 0 Å². The lowest BCUT2D eigenvalue weighted by Gasteiger charge is -2.06. The second-order valence-electron chi connectivity index (χ2n) is 5.85. The fraction of sp³-hybridized carbons (Fsp3) is 0.368. The van der Waals surface area contributed by atoms with Crippen LogP contribution in [0.25, 0.3) is 11.8 Å². The smallest absolute Gasteiger partial charge is 0.330 e. The Morgan fingerprint density at radius 2 is 2.00 bits per heavy atom. The van der Waals surface area contributed by atoms with Crippen LogP contribution in [0.3, 0.4) is 0 Å². The highest BCUT2D eigenvalue weighted by Crippen LogP contribution is 2.08. The summed E-state index contributed by atoms with van der Waals surface area (Å²) < 4.78 is 12.2. The van der Waals surface area contributed by atoms with Crippen LogP contribution >= 0.6 is 0 Å². The molecular weight excluding hydrogens is 304 g/mol. The van der Waals surface area contributed by atoms with E-state index in [0.717, 1.165) is 17.7 Å². The lowest BCUT2D eigenvalue weighted by molar-refractivity contribution is -0.139. The van der Waals surface area contributed by atoms with Gasteiger partial charge in [0.15, 0.2) is 0 Å². The van der Waals surface area contributed by atoms with E-state index in [9.17, 15) is 4.79 Å². The van der Waals surface area contributed by atoms with Gasteiger partial charge in [0.2, 0.25) is 0 Å². The monoisotopic (exact) mass is 328 g/mol. The molecule has 0 aliphatic rings. The largest absolute Gasteiger partial charge is 0.460 e. The molecule has 0 unspecified atom stereocenters. The van der Waals surface area contributed by atoms with Gasteiger partial charge in [0.25, 0.3) is 0 Å². The Labute approximate surface area is 142 Å². The molecule has 0 saturated carbocycles. The van der Waals surface area contributed by atoms with Gasteiger partial charge in [0, 0.05) is 24.4 Å². The molecule has 2 rings (SSSR count). The maximum absolute atomic E-state index is 11.6. The van der Waals surface area contributed by atoms with Crippen LogP contribution in [-0.2, 0) is 14.3 Å². The summed E-state index contributed by atoms with van der Waals surface area (Å²) in [5.41, 5.74) is 1.81. The van der Waals surface area contributed by atoms with E-state index in [-0.39, 0.29) is 12.6 Å². The van der Waals surface area contributed by atoms with Crippen molar-refractivity contribution in [2.45, 2.75) is 20.3 Å². The SMILES string of the molecule is CC(C)CCOCCOC(=O)/C=C/c1cnn(-c2ccccc2)c1. The van der Waals surface area contributed by atoms with Crippen LogP contribution in [0.1, 0.15) is 25.8 Å². The minimum Gasteiger partial charge on any atom is -0.460 e. The lowest BCUT2D eigenvalue weighted by atomic mass is 10.1. The number of hydrogen-bond acceptors (Lipinski definition) is 4. The van der Waals surface area contributed by atoms with Crippen LogP contribution in [0.5, 0.6) is 0 Å². The summed E-state index contributed by atoms with van der Waals surface area (Å²) in [6.45, 7) is 5.69. The zero-order chi connectivity index (χ0) is 17.2. The molecule has 0 radical (unpaired) electrons. The van der Waals surface area contributed by atoms with Crippen molar-refractivity contribution in [1.82, 2.24) is 9.78 Å². The Morgan fingerprint density at radius 1 is 1.21 bits per heavy atom. The molecule has 0 atom stereocenters. The molecule has 1 aromatic heterocycles. The van der Waals surface area contributed by atoms with E-state index in [0.29, 0.717) is 19.1 Å². The van der Waals surface area contributed by atoms with Crippen LogP contribution in [0, 0.1) is 5.92 Å². The highest BCUT2D eigenvalue weighted by Gasteiger charge is 2.01. The fourth-order valence-corrected chi connectivity index (χ4v) is 1.98. The van der Waals surface area contributed by atoms with E-state index >= 15 is 0 Å². The van der Waals surface area contributed by atoms with Gasteiger partial charge in [-0.2, -0.15) is 5.10 Å². The van der Waals surface area contributed by atoms with Crippen molar-refractivity contribution in [2.24, 2.45) is 5.92 Å². The van der Waals surface area contributed by atoms with Crippen molar-refractivity contribution in [3.05, 3.63) is 54.4 Å². The molecule has 0 N–H and O–H groups in total. The van der Waals surface area contributed by atoms with E-state index in [1.807, 2.05) is 36.5 Å². The molecule has 0 aliphatic carbocycles. The molecule has 128 valence electrons. The topological polar surface area (TPSA) is 53.4 Å². The van der Waals surface area contributed by atoms with Gasteiger partial charge in [-0.3, -0.25) is 0 Å². The number of carbonyl (C=O) groups is 1. The lowest BCUT2D eigenvalue weighted by Crippen LogP contribution is -2.09. The third-order valence-corrected chi connectivity index (χ3v) is 3.35. The standard InChI is InChI=1S/C19H24N2O3/c1-16(2)10-11-23-12-13-24-19(22)9-8-17-14-20-21(15-17)18-6-4-3-5-7-18/h3-9,14-16H,10-13H2,1-2H3/b9-8+. The van der Waals surface area contributed by atoms with Crippen molar-refractivity contribution < 1.29 is 14.3 Å². The summed E-state index contributed by atoms with van der Waals surface area (Å²) in [4.78, 5) is 11.6. The quantitative estimate of drug-likeness (QED) is 0.402. The van der Waals surface area contributed by atoms with Gasteiger partial charge in [-0.1, -0.05) is 32.0 Å². The predicted octanol–water partition coefficient (Wildman–Crippen LogP) is 3.49. The molecule has 24 heavy (non-hydrogen) atoms. The molecule has 5 nitrogen and oxygen atoms in total. The number of para-hydroxylation sites is 1. The average molecular weight is 328 g/mol. The number of ether oxygens (including phenoxy) is 2. The van der Waals surface area contributed by atoms with Crippen LogP contribution in [-0.4, -0.2) is 35.6 Å². The third kappa shape index (κ3) is 6.38. The third-order valence-electron chi connectivity index (χ3n) is 3.35. The van der Waals surface area contributed by atoms with Gasteiger partial charge in [-0.05, 0) is 30.5 Å². The minimum absolute atomic E-state index is 0.268. The zero-order valence-corrected chi connectivity index (χ0v) is 14.2. The molecule has 0 fully saturated rings. The van der Waals surface area contributed by atoms with Crippen molar-refractivity contribution in [3.8, 4) is 5.69 Å². The molecule has 0 amide bonds. The van der Waals surface area contributed by atoms with Crippen LogP contribution in [0.4, 0.5) is 0 Å². The molecule has 0 aliphatic heterocycles. The van der Waals surface area contributed by atoms with Gasteiger partial charge in [0.05, 0.1) is 18.5 Å². The molecule has 0 spiro atoms. The first-order valence-electron chi connectivity index (χ1n) is 8.18. The van der Waals surface area contributed by atoms with E-state index in [4.69, 9.17) is 9.47 Å². The fourth-order valence-electron chi connectivity index (χ4n) is 1.98. The summed E-state index contributed by atoms with van der Waals surface area (Å²) in [7, 11) is 0. The van der Waals surface area contributed by atoms with Crippen LogP contribution < -0.4 is 0 Å². The van der Waals surface area contributed by atoms with Crippen molar-refractivity contribution in [2.75, 3.05) is 19.8 Å². The molecular formula is C19H24N2O3. The van der Waals surface area contributed by atoms with E-state index < -0.39 is 0 Å². The summed E-state index contributed by atoms with van der Waals surface area (Å²) in [5.74, 6) is 0.238. The number of esters is 1. The second kappa shape index (κ2) is 9.67. The Morgan fingerprint density at radius 3 is 2.75 bits per heavy atom. The predicted molar refractivity (Wildman–Crippen MR) is 93.8 cm³/mol. The molecule has 1 aromatic carbocycles. The first-order valence-corrected chi connectivity index (χ1v) is 8.18. The van der Waals surface area contributed by atoms with Gasteiger partial charge in [0.1, 0.15) is 6.61 Å². The number of hydrogen-bond donors (Lipinski definition) is 0. The Kier molecular flexibility index (Phi) is 7.23. The minimum atomic E-state index is -0.380. The first-order chi connectivity index (χ1) is 11.6. The molecule has 2 aromatic rings. The second-order valence-corrected chi connectivity index (χ2v) is 5.85. The molecule has 0 bridgehead atoms. The van der Waals surface area contributed by atoms with Gasteiger partial charge in [-0.25, -0.2) is 9.48 Å². The van der Waals surface area contributed by atoms with Crippen LogP contribution in [0.2, 0.25) is 0 Å². The highest BCUT2D eigenvalue weighted by molar-refractivity contribution is 5.86. The molecule has 1 heterocycles. The van der Waals surface area contributed by atoms with Gasteiger partial charge in [-0.15, -0.1) is 0 Å². The Balaban J connectivity index is 1.71. The maximum Gasteiger partial charge on any atom is 0.330 e. The average Bonchev–Trinajstić information content (AvgIpc) is 3.06. The zero-order valence-electron chi connectivity index (χ0n) is 14.2. The number of benzene rings is 1. The summed E-state index contributed by atoms with van der Waals surface area (Å²) in [6, 6.07) is 9.79. The highest BCUT2D eigenvalue weighted by atomic mass is 16.6. The number of aromatic nitrogens is 2. The number of rotatable bonds is 9. The normalized spacial score (nSPS) is 11.3. The van der Waals surface area contributed by atoms with Crippen molar-refractivity contribution >= 4 is 12.0 Å². The summed E-state index contributed by atoms with van der Waals surface area (Å²) in [5, 5.41) is 4.27. The molecule has 0 saturated heterocycles. The van der Waals surface area contributed by atoms with E-state index in [2.05, 4.69) is 18.9 Å². The first kappa shape index (κ1) is 17.9. The number of carbonyl (C=O) groups excluding carboxylic acids is 1.